The first kappa shape index (κ1) is 10.2. The Morgan fingerprint density at radius 2 is 1.92 bits per heavy atom. The molecule has 1 aliphatic rings. The van der Waals surface area contributed by atoms with Crippen molar-refractivity contribution in [1.29, 1.82) is 0 Å². The fraction of sp³-hybridized carbons (Fsp3) is 0.700. The molecule has 2 heteroatoms. The SMILES string of the molecule is CCC(=O)C(I)=C1CCCCC1. The van der Waals surface area contributed by atoms with Gasteiger partial charge in [0.25, 0.3) is 0 Å². The highest BCUT2D eigenvalue weighted by molar-refractivity contribution is 14.1. The number of halogens is 1. The third-order valence-corrected chi connectivity index (χ3v) is 3.70. The molecule has 0 aromatic rings. The molecule has 1 rings (SSSR count). The van der Waals surface area contributed by atoms with Gasteiger partial charge in [0.2, 0.25) is 0 Å². The number of hydrogen-bond acceptors (Lipinski definition) is 1. The molecule has 68 valence electrons. The molecule has 1 fully saturated rings. The Labute approximate surface area is 87.8 Å². The summed E-state index contributed by atoms with van der Waals surface area (Å²) in [5, 5.41) is 0. The van der Waals surface area contributed by atoms with Crippen molar-refractivity contribution in [3.05, 3.63) is 9.15 Å². The van der Waals surface area contributed by atoms with Crippen molar-refractivity contribution in [1.82, 2.24) is 0 Å². The Morgan fingerprint density at radius 1 is 1.33 bits per heavy atom. The standard InChI is InChI=1S/C10H15IO/c1-2-9(12)10(11)8-6-4-3-5-7-8/h2-7H2,1H3. The summed E-state index contributed by atoms with van der Waals surface area (Å²) in [4.78, 5) is 11.3. The number of Topliss-reactive ketones (excluding diaryl/α,β-unsaturated/α-hetero) is 1. The van der Waals surface area contributed by atoms with Crippen LogP contribution >= 0.6 is 22.6 Å². The molecule has 1 saturated carbocycles. The van der Waals surface area contributed by atoms with Crippen molar-refractivity contribution in [2.24, 2.45) is 0 Å². The molecule has 1 aliphatic carbocycles. The van der Waals surface area contributed by atoms with Gasteiger partial charge in [-0.05, 0) is 48.3 Å². The third-order valence-electron chi connectivity index (χ3n) is 2.33. The van der Waals surface area contributed by atoms with Crippen molar-refractivity contribution in [2.75, 3.05) is 0 Å². The van der Waals surface area contributed by atoms with Crippen molar-refractivity contribution >= 4 is 28.4 Å². The predicted molar refractivity (Wildman–Crippen MR) is 59.4 cm³/mol. The van der Waals surface area contributed by atoms with Gasteiger partial charge < -0.3 is 0 Å². The maximum Gasteiger partial charge on any atom is 0.168 e. The predicted octanol–water partition coefficient (Wildman–Crippen LogP) is 3.62. The molecule has 0 spiro atoms. The first-order chi connectivity index (χ1) is 5.75. The molecule has 0 atom stereocenters. The maximum absolute atomic E-state index is 11.3. The van der Waals surface area contributed by atoms with Gasteiger partial charge in [-0.25, -0.2) is 0 Å². The normalized spacial score (nSPS) is 17.7. The molecule has 0 N–H and O–H groups in total. The van der Waals surface area contributed by atoms with E-state index in [0.717, 1.165) is 16.4 Å². The maximum atomic E-state index is 11.3. The molecule has 0 unspecified atom stereocenters. The van der Waals surface area contributed by atoms with E-state index in [0.29, 0.717) is 12.2 Å². The minimum Gasteiger partial charge on any atom is -0.294 e. The number of allylic oxidation sites excluding steroid dienone is 2. The fourth-order valence-electron chi connectivity index (χ4n) is 1.55. The largest absolute Gasteiger partial charge is 0.294 e. The van der Waals surface area contributed by atoms with Crippen molar-refractivity contribution < 1.29 is 4.79 Å². The average Bonchev–Trinajstić information content (AvgIpc) is 2.17. The Morgan fingerprint density at radius 3 is 2.42 bits per heavy atom. The van der Waals surface area contributed by atoms with Crippen LogP contribution in [0, 0.1) is 0 Å². The fourth-order valence-corrected chi connectivity index (χ4v) is 2.47. The van der Waals surface area contributed by atoms with Crippen LogP contribution in [0.15, 0.2) is 9.15 Å². The lowest BCUT2D eigenvalue weighted by Gasteiger charge is -2.15. The van der Waals surface area contributed by atoms with E-state index in [1.54, 1.807) is 0 Å². The van der Waals surface area contributed by atoms with Gasteiger partial charge in [-0.2, -0.15) is 0 Å². The van der Waals surface area contributed by atoms with Gasteiger partial charge in [0.05, 0.1) is 3.58 Å². The smallest absolute Gasteiger partial charge is 0.168 e. The Kier molecular flexibility index (Phi) is 4.26. The molecule has 0 bridgehead atoms. The second kappa shape index (κ2) is 5.00. The van der Waals surface area contributed by atoms with E-state index in [9.17, 15) is 4.79 Å². The molecule has 0 saturated heterocycles. The van der Waals surface area contributed by atoms with Gasteiger partial charge in [0.15, 0.2) is 5.78 Å². The van der Waals surface area contributed by atoms with Crippen molar-refractivity contribution in [2.45, 2.75) is 45.4 Å². The summed E-state index contributed by atoms with van der Waals surface area (Å²) in [6.45, 7) is 1.93. The van der Waals surface area contributed by atoms with Crippen LogP contribution in [0.25, 0.3) is 0 Å². The van der Waals surface area contributed by atoms with E-state index in [1.165, 1.54) is 24.8 Å². The lowest BCUT2D eigenvalue weighted by Crippen LogP contribution is -2.02. The molecule has 0 aromatic heterocycles. The Hall–Kier alpha value is 0.140. The van der Waals surface area contributed by atoms with E-state index in [4.69, 9.17) is 0 Å². The Bertz CT molecular complexity index is 198. The molecular weight excluding hydrogens is 263 g/mol. The molecule has 0 heterocycles. The summed E-state index contributed by atoms with van der Waals surface area (Å²) in [6.07, 6.45) is 6.86. The van der Waals surface area contributed by atoms with Crippen LogP contribution in [0.1, 0.15) is 45.4 Å². The first-order valence-electron chi connectivity index (χ1n) is 4.66. The van der Waals surface area contributed by atoms with Gasteiger partial charge >= 0.3 is 0 Å². The molecule has 1 nitrogen and oxygen atoms in total. The number of ketones is 1. The van der Waals surface area contributed by atoms with Gasteiger partial charge in [-0.15, -0.1) is 0 Å². The highest BCUT2D eigenvalue weighted by atomic mass is 127. The minimum absolute atomic E-state index is 0.326. The second-order valence-electron chi connectivity index (χ2n) is 3.25. The minimum atomic E-state index is 0.326. The quantitative estimate of drug-likeness (QED) is 0.557. The van der Waals surface area contributed by atoms with E-state index < -0.39 is 0 Å². The number of carbonyl (C=O) groups excluding carboxylic acids is 1. The lowest BCUT2D eigenvalue weighted by atomic mass is 9.94. The van der Waals surface area contributed by atoms with E-state index >= 15 is 0 Å². The van der Waals surface area contributed by atoms with Crippen LogP contribution in [0.5, 0.6) is 0 Å². The summed E-state index contributed by atoms with van der Waals surface area (Å²) >= 11 is 2.22. The van der Waals surface area contributed by atoms with E-state index in [1.807, 2.05) is 6.92 Å². The number of hydrogen-bond donors (Lipinski definition) is 0. The zero-order valence-corrected chi connectivity index (χ0v) is 9.69. The summed E-state index contributed by atoms with van der Waals surface area (Å²) in [5.41, 5.74) is 1.41. The second-order valence-corrected chi connectivity index (χ2v) is 4.33. The third kappa shape index (κ3) is 2.57. The zero-order valence-electron chi connectivity index (χ0n) is 7.53. The van der Waals surface area contributed by atoms with E-state index in [-0.39, 0.29) is 0 Å². The zero-order chi connectivity index (χ0) is 8.97. The first-order valence-corrected chi connectivity index (χ1v) is 5.74. The van der Waals surface area contributed by atoms with Crippen LogP contribution in [-0.2, 0) is 4.79 Å². The molecular formula is C10H15IO. The van der Waals surface area contributed by atoms with Gasteiger partial charge in [-0.3, -0.25) is 4.79 Å². The van der Waals surface area contributed by atoms with Crippen LogP contribution in [0.2, 0.25) is 0 Å². The highest BCUT2D eigenvalue weighted by Gasteiger charge is 2.13. The number of carbonyl (C=O) groups is 1. The average molecular weight is 278 g/mol. The monoisotopic (exact) mass is 278 g/mol. The van der Waals surface area contributed by atoms with Crippen molar-refractivity contribution in [3.63, 3.8) is 0 Å². The van der Waals surface area contributed by atoms with Gasteiger partial charge in [0.1, 0.15) is 0 Å². The van der Waals surface area contributed by atoms with Crippen LogP contribution in [0.3, 0.4) is 0 Å². The van der Waals surface area contributed by atoms with Crippen LogP contribution in [-0.4, -0.2) is 5.78 Å². The summed E-state index contributed by atoms with van der Waals surface area (Å²) < 4.78 is 1.02. The summed E-state index contributed by atoms with van der Waals surface area (Å²) in [7, 11) is 0. The van der Waals surface area contributed by atoms with E-state index in [2.05, 4.69) is 22.6 Å². The van der Waals surface area contributed by atoms with Crippen molar-refractivity contribution in [3.8, 4) is 0 Å². The topological polar surface area (TPSA) is 17.1 Å². The molecule has 12 heavy (non-hydrogen) atoms. The molecule has 0 aromatic carbocycles. The number of rotatable bonds is 2. The van der Waals surface area contributed by atoms with Crippen LogP contribution in [0.4, 0.5) is 0 Å². The molecule has 0 aliphatic heterocycles. The molecule has 0 radical (unpaired) electrons. The Balaban J connectivity index is 2.66. The highest BCUT2D eigenvalue weighted by Crippen LogP contribution is 2.29. The van der Waals surface area contributed by atoms with Gasteiger partial charge in [-0.1, -0.05) is 18.9 Å². The summed E-state index contributed by atoms with van der Waals surface area (Å²) in [5.74, 6) is 0.326. The van der Waals surface area contributed by atoms with Gasteiger partial charge in [0, 0.05) is 6.42 Å². The lowest BCUT2D eigenvalue weighted by molar-refractivity contribution is -0.114. The summed E-state index contributed by atoms with van der Waals surface area (Å²) in [6, 6.07) is 0. The molecule has 0 amide bonds. The van der Waals surface area contributed by atoms with Crippen LogP contribution < -0.4 is 0 Å².